The number of nitro benzene ring substituents is 1. The normalized spacial score (nSPS) is 10.2. The van der Waals surface area contributed by atoms with Crippen LogP contribution in [0.15, 0.2) is 18.2 Å². The zero-order valence-corrected chi connectivity index (χ0v) is 11.3. The number of nitrogens with zero attached hydrogens (tertiary/aromatic N) is 1. The van der Waals surface area contributed by atoms with Crippen molar-refractivity contribution in [2.24, 2.45) is 0 Å². The highest BCUT2D eigenvalue weighted by molar-refractivity contribution is 5.68. The van der Waals surface area contributed by atoms with Gasteiger partial charge in [-0.1, -0.05) is 13.0 Å². The fourth-order valence-corrected chi connectivity index (χ4v) is 1.58. The first-order valence-electron chi connectivity index (χ1n) is 6.42. The third-order valence-electron chi connectivity index (χ3n) is 2.44. The number of hydrogen-bond donors (Lipinski definition) is 1. The lowest BCUT2D eigenvalue weighted by molar-refractivity contribution is -0.385. The highest BCUT2D eigenvalue weighted by atomic mass is 16.6. The third-order valence-corrected chi connectivity index (χ3v) is 2.44. The molecule has 106 valence electrons. The van der Waals surface area contributed by atoms with Gasteiger partial charge in [0.1, 0.15) is 12.3 Å². The second kappa shape index (κ2) is 8.31. The summed E-state index contributed by atoms with van der Waals surface area (Å²) in [6.07, 6.45) is 0.895. The van der Waals surface area contributed by atoms with E-state index in [9.17, 15) is 10.1 Å². The maximum absolute atomic E-state index is 11.1. The minimum Gasteiger partial charge on any atom is -0.484 e. The first-order chi connectivity index (χ1) is 9.20. The Labute approximate surface area is 112 Å². The number of nitrogens with one attached hydrogen (secondary N) is 1. The van der Waals surface area contributed by atoms with E-state index in [0.717, 1.165) is 6.42 Å². The van der Waals surface area contributed by atoms with E-state index in [2.05, 4.69) is 5.32 Å². The van der Waals surface area contributed by atoms with Crippen LogP contribution in [0, 0.1) is 10.1 Å². The zero-order chi connectivity index (χ0) is 14.1. The Bertz CT molecular complexity index is 410. The van der Waals surface area contributed by atoms with E-state index in [1.54, 1.807) is 18.2 Å². The molecule has 1 rings (SSSR count). The first-order valence-corrected chi connectivity index (χ1v) is 6.42. The Balaban J connectivity index is 2.80. The van der Waals surface area contributed by atoms with Crippen molar-refractivity contribution in [3.63, 3.8) is 0 Å². The molecule has 0 aromatic heterocycles. The van der Waals surface area contributed by atoms with Gasteiger partial charge in [0.15, 0.2) is 5.75 Å². The summed E-state index contributed by atoms with van der Waals surface area (Å²) in [5, 5.41) is 14.2. The van der Waals surface area contributed by atoms with Crippen LogP contribution in [0.25, 0.3) is 0 Å². The Morgan fingerprint density at radius 1 is 1.32 bits per heavy atom. The minimum absolute atomic E-state index is 0.0209. The van der Waals surface area contributed by atoms with Crippen LogP contribution >= 0.6 is 0 Å². The summed E-state index contributed by atoms with van der Waals surface area (Å²) >= 11 is 0. The lowest BCUT2D eigenvalue weighted by Crippen LogP contribution is -2.09. The number of nitro groups is 1. The predicted octanol–water partition coefficient (Wildman–Crippen LogP) is 2.83. The van der Waals surface area contributed by atoms with Crippen LogP contribution in [0.4, 0.5) is 11.4 Å². The SMILES string of the molecule is CCCNc1cccc(OCCOCC)c1[N+](=O)[O-]. The average Bonchev–Trinajstić information content (AvgIpc) is 2.41. The molecule has 0 atom stereocenters. The highest BCUT2D eigenvalue weighted by Crippen LogP contribution is 2.34. The Hall–Kier alpha value is -1.82. The number of rotatable bonds is 9. The van der Waals surface area contributed by atoms with Crippen LogP contribution in [0.2, 0.25) is 0 Å². The van der Waals surface area contributed by atoms with Crippen LogP contribution in [0.1, 0.15) is 20.3 Å². The molecule has 0 bridgehead atoms. The van der Waals surface area contributed by atoms with Crippen LogP contribution < -0.4 is 10.1 Å². The molecule has 0 aliphatic carbocycles. The summed E-state index contributed by atoms with van der Waals surface area (Å²) < 4.78 is 10.6. The van der Waals surface area contributed by atoms with Gasteiger partial charge in [-0.2, -0.15) is 0 Å². The molecule has 0 heterocycles. The van der Waals surface area contributed by atoms with Gasteiger partial charge >= 0.3 is 5.69 Å². The topological polar surface area (TPSA) is 73.6 Å². The first kappa shape index (κ1) is 15.2. The average molecular weight is 268 g/mol. The van der Waals surface area contributed by atoms with E-state index in [1.165, 1.54) is 0 Å². The van der Waals surface area contributed by atoms with Crippen molar-refractivity contribution in [1.29, 1.82) is 0 Å². The molecule has 0 saturated heterocycles. The number of ether oxygens (including phenoxy) is 2. The van der Waals surface area contributed by atoms with Crippen molar-refractivity contribution in [3.8, 4) is 5.75 Å². The van der Waals surface area contributed by atoms with Crippen molar-refractivity contribution in [2.75, 3.05) is 31.7 Å². The van der Waals surface area contributed by atoms with E-state index in [1.807, 2.05) is 13.8 Å². The van der Waals surface area contributed by atoms with Crippen LogP contribution in [-0.2, 0) is 4.74 Å². The minimum atomic E-state index is -0.423. The maximum Gasteiger partial charge on any atom is 0.333 e. The molecule has 0 spiro atoms. The van der Waals surface area contributed by atoms with Gasteiger partial charge in [0.25, 0.3) is 0 Å². The quantitative estimate of drug-likeness (QED) is 0.423. The summed E-state index contributed by atoms with van der Waals surface area (Å²) in [4.78, 5) is 10.7. The molecule has 0 radical (unpaired) electrons. The van der Waals surface area contributed by atoms with Crippen molar-refractivity contribution in [2.45, 2.75) is 20.3 Å². The van der Waals surface area contributed by atoms with E-state index in [-0.39, 0.29) is 11.4 Å². The van der Waals surface area contributed by atoms with Crippen molar-refractivity contribution in [3.05, 3.63) is 28.3 Å². The molecule has 0 unspecified atom stereocenters. The number of para-hydroxylation sites is 1. The van der Waals surface area contributed by atoms with Crippen LogP contribution in [0.3, 0.4) is 0 Å². The molecule has 0 saturated carbocycles. The number of hydrogen-bond acceptors (Lipinski definition) is 5. The Kier molecular flexibility index (Phi) is 6.67. The molecule has 1 N–H and O–H groups in total. The van der Waals surface area contributed by atoms with Crippen molar-refractivity contribution < 1.29 is 14.4 Å². The van der Waals surface area contributed by atoms with Crippen molar-refractivity contribution in [1.82, 2.24) is 0 Å². The zero-order valence-electron chi connectivity index (χ0n) is 11.3. The fourth-order valence-electron chi connectivity index (χ4n) is 1.58. The van der Waals surface area contributed by atoms with Gasteiger partial charge in [-0.3, -0.25) is 10.1 Å². The molecular weight excluding hydrogens is 248 g/mol. The molecule has 19 heavy (non-hydrogen) atoms. The molecule has 1 aromatic carbocycles. The fraction of sp³-hybridized carbons (Fsp3) is 0.538. The lowest BCUT2D eigenvalue weighted by Gasteiger charge is -2.10. The molecular formula is C13H20N2O4. The molecule has 6 heteroatoms. The third kappa shape index (κ3) is 4.75. The second-order valence-electron chi connectivity index (χ2n) is 3.88. The maximum atomic E-state index is 11.1. The van der Waals surface area contributed by atoms with E-state index in [4.69, 9.17) is 9.47 Å². The Morgan fingerprint density at radius 3 is 2.74 bits per heavy atom. The van der Waals surface area contributed by atoms with E-state index in [0.29, 0.717) is 32.1 Å². The van der Waals surface area contributed by atoms with Gasteiger partial charge in [0.2, 0.25) is 0 Å². The molecule has 0 amide bonds. The Morgan fingerprint density at radius 2 is 2.11 bits per heavy atom. The number of anilines is 1. The summed E-state index contributed by atoms with van der Waals surface area (Å²) in [6, 6.07) is 5.02. The van der Waals surface area contributed by atoms with Crippen LogP contribution in [-0.4, -0.2) is 31.3 Å². The molecule has 0 aliphatic heterocycles. The van der Waals surface area contributed by atoms with Crippen LogP contribution in [0.5, 0.6) is 5.75 Å². The molecule has 1 aromatic rings. The van der Waals surface area contributed by atoms with Gasteiger partial charge in [0, 0.05) is 13.2 Å². The molecule has 0 aliphatic rings. The predicted molar refractivity (Wildman–Crippen MR) is 73.9 cm³/mol. The monoisotopic (exact) mass is 268 g/mol. The second-order valence-corrected chi connectivity index (χ2v) is 3.88. The largest absolute Gasteiger partial charge is 0.484 e. The highest BCUT2D eigenvalue weighted by Gasteiger charge is 2.20. The van der Waals surface area contributed by atoms with Gasteiger partial charge in [-0.05, 0) is 25.5 Å². The van der Waals surface area contributed by atoms with E-state index >= 15 is 0 Å². The van der Waals surface area contributed by atoms with E-state index < -0.39 is 4.92 Å². The van der Waals surface area contributed by atoms with Gasteiger partial charge < -0.3 is 14.8 Å². The smallest absolute Gasteiger partial charge is 0.333 e. The lowest BCUT2D eigenvalue weighted by atomic mass is 10.2. The van der Waals surface area contributed by atoms with Gasteiger partial charge in [0.05, 0.1) is 11.5 Å². The standard InChI is InChI=1S/C13H20N2O4/c1-3-8-14-11-6-5-7-12(13(11)15(16)17)19-10-9-18-4-2/h5-7,14H,3-4,8-10H2,1-2H3. The van der Waals surface area contributed by atoms with Gasteiger partial charge in [-0.25, -0.2) is 0 Å². The van der Waals surface area contributed by atoms with Crippen molar-refractivity contribution >= 4 is 11.4 Å². The number of benzene rings is 1. The summed E-state index contributed by atoms with van der Waals surface area (Å²) in [7, 11) is 0. The summed E-state index contributed by atoms with van der Waals surface area (Å²) in [6.45, 7) is 5.89. The molecule has 0 fully saturated rings. The summed E-state index contributed by atoms with van der Waals surface area (Å²) in [5.74, 6) is 0.269. The van der Waals surface area contributed by atoms with Gasteiger partial charge in [-0.15, -0.1) is 0 Å². The molecule has 6 nitrogen and oxygen atoms in total. The summed E-state index contributed by atoms with van der Waals surface area (Å²) in [5.41, 5.74) is 0.466.